The van der Waals surface area contributed by atoms with Gasteiger partial charge in [0.15, 0.2) is 0 Å². The van der Waals surface area contributed by atoms with Crippen LogP contribution in [0.25, 0.3) is 0 Å². The van der Waals surface area contributed by atoms with Crippen LogP contribution in [0.2, 0.25) is 0 Å². The fourth-order valence-electron chi connectivity index (χ4n) is 4.19. The first kappa shape index (κ1) is 18.0. The minimum absolute atomic E-state index is 0.134. The molecule has 0 aliphatic heterocycles. The second-order valence-corrected chi connectivity index (χ2v) is 8.20. The number of tetrazole rings is 1. The van der Waals surface area contributed by atoms with Crippen molar-refractivity contribution in [3.05, 3.63) is 35.4 Å². The Morgan fingerprint density at radius 3 is 2.81 bits per heavy atom. The van der Waals surface area contributed by atoms with Gasteiger partial charge in [-0.3, -0.25) is 20.4 Å². The van der Waals surface area contributed by atoms with Gasteiger partial charge in [-0.05, 0) is 60.1 Å². The predicted molar refractivity (Wildman–Crippen MR) is 99.8 cm³/mol. The van der Waals surface area contributed by atoms with Crippen LogP contribution in [0.1, 0.15) is 47.6 Å². The molecule has 1 heterocycles. The SMILES string of the molecule is Cc1ccccc1C(=O)NNC(=O)CSc1nnnn1[C@H]1C[C@H]2CC[C@H]1C2. The van der Waals surface area contributed by atoms with Crippen LogP contribution in [0, 0.1) is 18.8 Å². The molecule has 9 heteroatoms. The molecule has 4 rings (SSSR count). The highest BCUT2D eigenvalue weighted by Crippen LogP contribution is 2.50. The third-order valence-electron chi connectivity index (χ3n) is 5.52. The molecule has 2 aliphatic carbocycles. The molecule has 27 heavy (non-hydrogen) atoms. The molecule has 1 aromatic heterocycles. The lowest BCUT2D eigenvalue weighted by Gasteiger charge is -2.22. The van der Waals surface area contributed by atoms with Gasteiger partial charge >= 0.3 is 0 Å². The standard InChI is InChI=1S/C18H22N6O2S/c1-11-4-2-3-5-14(11)17(26)20-19-16(25)10-27-18-21-22-23-24(18)15-9-12-6-7-13(15)8-12/h2-5,12-13,15H,6-10H2,1H3,(H,19,25)(H,20,26)/t12-,13-,15-/m0/s1. The molecule has 2 aromatic rings. The summed E-state index contributed by atoms with van der Waals surface area (Å²) >= 11 is 1.29. The summed E-state index contributed by atoms with van der Waals surface area (Å²) in [6, 6.07) is 7.57. The summed E-state index contributed by atoms with van der Waals surface area (Å²) in [5, 5.41) is 12.7. The first-order chi connectivity index (χ1) is 13.1. The Morgan fingerprint density at radius 1 is 1.22 bits per heavy atom. The number of fused-ring (bicyclic) bond motifs is 2. The number of rotatable bonds is 5. The van der Waals surface area contributed by atoms with E-state index in [-0.39, 0.29) is 17.6 Å². The Balaban J connectivity index is 1.28. The van der Waals surface area contributed by atoms with Crippen molar-refractivity contribution in [1.29, 1.82) is 0 Å². The van der Waals surface area contributed by atoms with Crippen molar-refractivity contribution in [3.63, 3.8) is 0 Å². The number of aryl methyl sites for hydroxylation is 1. The molecule has 142 valence electrons. The molecule has 1 aromatic carbocycles. The lowest BCUT2D eigenvalue weighted by Crippen LogP contribution is -2.42. The normalized spacial score (nSPS) is 23.4. The van der Waals surface area contributed by atoms with Gasteiger partial charge in [-0.25, -0.2) is 4.68 Å². The van der Waals surface area contributed by atoms with Crippen LogP contribution in [-0.2, 0) is 4.79 Å². The van der Waals surface area contributed by atoms with E-state index >= 15 is 0 Å². The van der Waals surface area contributed by atoms with Crippen molar-refractivity contribution >= 4 is 23.6 Å². The van der Waals surface area contributed by atoms with E-state index in [1.165, 1.54) is 31.0 Å². The van der Waals surface area contributed by atoms with Gasteiger partial charge in [-0.2, -0.15) is 0 Å². The molecule has 2 N–H and O–H groups in total. The van der Waals surface area contributed by atoms with Crippen molar-refractivity contribution in [1.82, 2.24) is 31.1 Å². The first-order valence-electron chi connectivity index (χ1n) is 9.17. The smallest absolute Gasteiger partial charge is 0.269 e. The molecule has 2 amide bonds. The summed E-state index contributed by atoms with van der Waals surface area (Å²) in [6.07, 6.45) is 4.95. The first-order valence-corrected chi connectivity index (χ1v) is 10.2. The number of carbonyl (C=O) groups excluding carboxylic acids is 2. The summed E-state index contributed by atoms with van der Waals surface area (Å²) in [5.74, 6) is 0.944. The molecule has 0 spiro atoms. The van der Waals surface area contributed by atoms with E-state index in [4.69, 9.17) is 0 Å². The van der Waals surface area contributed by atoms with Gasteiger partial charge in [0, 0.05) is 5.56 Å². The minimum atomic E-state index is -0.335. The number of aromatic nitrogens is 4. The van der Waals surface area contributed by atoms with E-state index in [2.05, 4.69) is 26.4 Å². The lowest BCUT2D eigenvalue weighted by molar-refractivity contribution is -0.119. The maximum absolute atomic E-state index is 12.1. The fourth-order valence-corrected chi connectivity index (χ4v) is 4.92. The zero-order valence-corrected chi connectivity index (χ0v) is 15.9. The second kappa shape index (κ2) is 7.67. The van der Waals surface area contributed by atoms with Crippen molar-refractivity contribution in [2.45, 2.75) is 43.8 Å². The average Bonchev–Trinajstić information content (AvgIpc) is 3.41. The van der Waals surface area contributed by atoms with Crippen LogP contribution >= 0.6 is 11.8 Å². The maximum Gasteiger partial charge on any atom is 0.269 e. The van der Waals surface area contributed by atoms with Gasteiger partial charge in [0.05, 0.1) is 11.8 Å². The number of carbonyl (C=O) groups is 2. The third kappa shape index (κ3) is 3.83. The van der Waals surface area contributed by atoms with Crippen molar-refractivity contribution in [3.8, 4) is 0 Å². The van der Waals surface area contributed by atoms with Crippen LogP contribution in [0.3, 0.4) is 0 Å². The molecule has 2 aliphatic rings. The van der Waals surface area contributed by atoms with Gasteiger partial charge in [0.2, 0.25) is 11.1 Å². The number of benzene rings is 1. The highest BCUT2D eigenvalue weighted by Gasteiger charge is 2.42. The van der Waals surface area contributed by atoms with Crippen LogP contribution in [-0.4, -0.2) is 37.8 Å². The van der Waals surface area contributed by atoms with Gasteiger partial charge in [0.1, 0.15) is 0 Å². The van der Waals surface area contributed by atoms with Crippen molar-refractivity contribution < 1.29 is 9.59 Å². The van der Waals surface area contributed by atoms with E-state index in [0.717, 1.165) is 17.9 Å². The zero-order valence-electron chi connectivity index (χ0n) is 15.1. The number of hydrogen-bond donors (Lipinski definition) is 2. The number of hydrazine groups is 1. The molecule has 8 nitrogen and oxygen atoms in total. The molecule has 2 fully saturated rings. The molecule has 3 atom stereocenters. The highest BCUT2D eigenvalue weighted by atomic mass is 32.2. The summed E-state index contributed by atoms with van der Waals surface area (Å²) < 4.78 is 1.88. The van der Waals surface area contributed by atoms with E-state index in [1.54, 1.807) is 12.1 Å². The van der Waals surface area contributed by atoms with Crippen LogP contribution < -0.4 is 10.9 Å². The van der Waals surface area contributed by atoms with Gasteiger partial charge < -0.3 is 0 Å². The van der Waals surface area contributed by atoms with E-state index in [1.807, 2.05) is 23.7 Å². The van der Waals surface area contributed by atoms with E-state index < -0.39 is 0 Å². The Kier molecular flexibility index (Phi) is 5.11. The minimum Gasteiger partial charge on any atom is -0.272 e. The summed E-state index contributed by atoms with van der Waals surface area (Å²) in [6.45, 7) is 1.85. The topological polar surface area (TPSA) is 102 Å². The molecule has 2 bridgehead atoms. The van der Waals surface area contributed by atoms with Gasteiger partial charge in [0.25, 0.3) is 5.91 Å². The number of hydrogen-bond acceptors (Lipinski definition) is 6. The fraction of sp³-hybridized carbons (Fsp3) is 0.500. The molecule has 0 radical (unpaired) electrons. The quantitative estimate of drug-likeness (QED) is 0.601. The Morgan fingerprint density at radius 2 is 2.07 bits per heavy atom. The third-order valence-corrected chi connectivity index (χ3v) is 6.45. The molecule has 0 saturated heterocycles. The van der Waals surface area contributed by atoms with Gasteiger partial charge in [-0.1, -0.05) is 36.4 Å². The number of nitrogens with one attached hydrogen (secondary N) is 2. The molecular formula is C18H22N6O2S. The summed E-state index contributed by atoms with van der Waals surface area (Å²) in [7, 11) is 0. The number of nitrogens with zero attached hydrogens (tertiary/aromatic N) is 4. The predicted octanol–water partition coefficient (Wildman–Crippen LogP) is 1.90. The van der Waals surface area contributed by atoms with Crippen molar-refractivity contribution in [2.24, 2.45) is 11.8 Å². The monoisotopic (exact) mass is 386 g/mol. The average molecular weight is 386 g/mol. The summed E-state index contributed by atoms with van der Waals surface area (Å²) in [5.41, 5.74) is 6.28. The number of thioether (sulfide) groups is 1. The Hall–Kier alpha value is -2.42. The zero-order chi connectivity index (χ0) is 18.8. The Labute approximate surface area is 161 Å². The molecule has 0 unspecified atom stereocenters. The van der Waals surface area contributed by atoms with Crippen molar-refractivity contribution in [2.75, 3.05) is 5.75 Å². The Bertz CT molecular complexity index is 854. The van der Waals surface area contributed by atoms with E-state index in [9.17, 15) is 9.59 Å². The molecular weight excluding hydrogens is 364 g/mol. The second-order valence-electron chi connectivity index (χ2n) is 7.25. The lowest BCUT2D eigenvalue weighted by atomic mass is 9.96. The highest BCUT2D eigenvalue weighted by molar-refractivity contribution is 7.99. The van der Waals surface area contributed by atoms with E-state index in [0.29, 0.717) is 22.7 Å². The summed E-state index contributed by atoms with van der Waals surface area (Å²) in [4.78, 5) is 24.2. The number of amides is 2. The van der Waals surface area contributed by atoms with Gasteiger partial charge in [-0.15, -0.1) is 5.10 Å². The van der Waals surface area contributed by atoms with Crippen LogP contribution in [0.15, 0.2) is 29.4 Å². The van der Waals surface area contributed by atoms with Crippen LogP contribution in [0.4, 0.5) is 0 Å². The largest absolute Gasteiger partial charge is 0.272 e. The van der Waals surface area contributed by atoms with Crippen LogP contribution in [0.5, 0.6) is 0 Å². The molecule has 2 saturated carbocycles. The maximum atomic E-state index is 12.1.